The Kier molecular flexibility index (Phi) is 3.96. The number of fused-ring (bicyclic) bond motifs is 1. The second-order valence-electron chi connectivity index (χ2n) is 5.40. The highest BCUT2D eigenvalue weighted by atomic mass is 32.1. The van der Waals surface area contributed by atoms with Crippen molar-refractivity contribution < 1.29 is 9.90 Å². The van der Waals surface area contributed by atoms with Crippen LogP contribution in [0.2, 0.25) is 0 Å². The molecule has 0 aliphatic rings. The molecular formula is C16H17N3O2S. The van der Waals surface area contributed by atoms with Crippen molar-refractivity contribution in [2.45, 2.75) is 18.9 Å². The first-order chi connectivity index (χ1) is 10.5. The van der Waals surface area contributed by atoms with E-state index in [9.17, 15) is 9.90 Å². The third-order valence-corrected chi connectivity index (χ3v) is 4.56. The van der Waals surface area contributed by atoms with Gasteiger partial charge in [-0.2, -0.15) is 0 Å². The standard InChI is InChI=1S/C16H17N3O2S/c1-16(21,13-5-4-8-22-13)11-17-15(20)9-12-10-19-7-3-2-6-14(19)18-12/h2-8,10,21H,9,11H2,1H3,(H,17,20). The van der Waals surface area contributed by atoms with E-state index >= 15 is 0 Å². The number of nitrogens with one attached hydrogen (secondary N) is 1. The van der Waals surface area contributed by atoms with Crippen LogP contribution < -0.4 is 5.32 Å². The van der Waals surface area contributed by atoms with Gasteiger partial charge in [0.15, 0.2) is 0 Å². The van der Waals surface area contributed by atoms with Crippen LogP contribution in [0.5, 0.6) is 0 Å². The molecule has 3 heterocycles. The molecule has 1 amide bonds. The maximum absolute atomic E-state index is 12.0. The lowest BCUT2D eigenvalue weighted by Gasteiger charge is -2.22. The quantitative estimate of drug-likeness (QED) is 0.756. The highest BCUT2D eigenvalue weighted by Crippen LogP contribution is 2.24. The van der Waals surface area contributed by atoms with Crippen LogP contribution in [0.25, 0.3) is 5.65 Å². The van der Waals surface area contributed by atoms with Gasteiger partial charge in [-0.1, -0.05) is 12.1 Å². The number of aromatic nitrogens is 2. The minimum Gasteiger partial charge on any atom is -0.383 e. The molecule has 5 nitrogen and oxygen atoms in total. The highest BCUT2D eigenvalue weighted by molar-refractivity contribution is 7.10. The van der Waals surface area contributed by atoms with E-state index < -0.39 is 5.60 Å². The molecule has 22 heavy (non-hydrogen) atoms. The number of rotatable bonds is 5. The van der Waals surface area contributed by atoms with Gasteiger partial charge < -0.3 is 14.8 Å². The number of aliphatic hydroxyl groups is 1. The van der Waals surface area contributed by atoms with Gasteiger partial charge in [0, 0.05) is 17.3 Å². The Balaban J connectivity index is 1.60. The third kappa shape index (κ3) is 3.18. The molecular weight excluding hydrogens is 298 g/mol. The largest absolute Gasteiger partial charge is 0.383 e. The molecule has 0 fully saturated rings. The number of hydrogen-bond donors (Lipinski definition) is 2. The third-order valence-electron chi connectivity index (χ3n) is 3.44. The predicted octanol–water partition coefficient (Wildman–Crippen LogP) is 1.96. The first-order valence-corrected chi connectivity index (χ1v) is 7.88. The lowest BCUT2D eigenvalue weighted by Crippen LogP contribution is -2.38. The Labute approximate surface area is 132 Å². The Morgan fingerprint density at radius 2 is 2.27 bits per heavy atom. The SMILES string of the molecule is CC(O)(CNC(=O)Cc1cn2ccccc2n1)c1cccs1. The van der Waals surface area contributed by atoms with Gasteiger partial charge in [-0.25, -0.2) is 4.98 Å². The number of carbonyl (C=O) groups excluding carboxylic acids is 1. The van der Waals surface area contributed by atoms with Gasteiger partial charge in [0.2, 0.25) is 5.91 Å². The van der Waals surface area contributed by atoms with Gasteiger partial charge in [-0.05, 0) is 30.5 Å². The fourth-order valence-electron chi connectivity index (χ4n) is 2.24. The van der Waals surface area contributed by atoms with E-state index in [0.29, 0.717) is 5.69 Å². The average Bonchev–Trinajstić information content (AvgIpc) is 3.14. The van der Waals surface area contributed by atoms with Gasteiger partial charge in [0.1, 0.15) is 11.2 Å². The van der Waals surface area contributed by atoms with Gasteiger partial charge in [-0.15, -0.1) is 11.3 Å². The van der Waals surface area contributed by atoms with Crippen molar-refractivity contribution in [3.63, 3.8) is 0 Å². The molecule has 0 saturated carbocycles. The van der Waals surface area contributed by atoms with Crippen molar-refractivity contribution in [2.75, 3.05) is 6.54 Å². The summed E-state index contributed by atoms with van der Waals surface area (Å²) in [6.45, 7) is 1.88. The molecule has 3 aromatic heterocycles. The molecule has 0 aromatic carbocycles. The lowest BCUT2D eigenvalue weighted by atomic mass is 10.1. The zero-order valence-electron chi connectivity index (χ0n) is 12.2. The van der Waals surface area contributed by atoms with Crippen LogP contribution in [-0.4, -0.2) is 26.9 Å². The smallest absolute Gasteiger partial charge is 0.226 e. The van der Waals surface area contributed by atoms with E-state index in [1.807, 2.05) is 52.5 Å². The zero-order chi connectivity index (χ0) is 15.6. The van der Waals surface area contributed by atoms with Gasteiger partial charge >= 0.3 is 0 Å². The summed E-state index contributed by atoms with van der Waals surface area (Å²) < 4.78 is 1.88. The normalized spacial score (nSPS) is 13.9. The van der Waals surface area contributed by atoms with E-state index in [-0.39, 0.29) is 18.9 Å². The number of imidazole rings is 1. The molecule has 0 aliphatic heterocycles. The number of carbonyl (C=O) groups is 1. The summed E-state index contributed by atoms with van der Waals surface area (Å²) in [5.41, 5.74) is 0.471. The number of nitrogens with zero attached hydrogens (tertiary/aromatic N) is 2. The van der Waals surface area contributed by atoms with Crippen LogP contribution in [0.3, 0.4) is 0 Å². The summed E-state index contributed by atoms with van der Waals surface area (Å²) in [4.78, 5) is 17.3. The van der Waals surface area contributed by atoms with Crippen molar-refractivity contribution in [1.29, 1.82) is 0 Å². The molecule has 0 aliphatic carbocycles. The Morgan fingerprint density at radius 1 is 1.41 bits per heavy atom. The summed E-state index contributed by atoms with van der Waals surface area (Å²) >= 11 is 1.47. The first kappa shape index (κ1) is 14.7. The number of amides is 1. The van der Waals surface area contributed by atoms with Crippen LogP contribution in [0.4, 0.5) is 0 Å². The first-order valence-electron chi connectivity index (χ1n) is 7.00. The van der Waals surface area contributed by atoms with E-state index in [0.717, 1.165) is 10.5 Å². The second kappa shape index (κ2) is 5.90. The molecule has 3 aromatic rings. The minimum absolute atomic E-state index is 0.153. The van der Waals surface area contributed by atoms with E-state index in [1.54, 1.807) is 6.92 Å². The molecule has 6 heteroatoms. The summed E-state index contributed by atoms with van der Waals surface area (Å²) in [6.07, 6.45) is 3.93. The summed E-state index contributed by atoms with van der Waals surface area (Å²) in [6, 6.07) is 9.45. The fraction of sp³-hybridized carbons (Fsp3) is 0.250. The predicted molar refractivity (Wildman–Crippen MR) is 85.8 cm³/mol. The topological polar surface area (TPSA) is 66.6 Å². The van der Waals surface area contributed by atoms with Gasteiger partial charge in [-0.3, -0.25) is 4.79 Å². The van der Waals surface area contributed by atoms with Crippen molar-refractivity contribution in [2.24, 2.45) is 0 Å². The number of pyridine rings is 1. The van der Waals surface area contributed by atoms with E-state index in [1.165, 1.54) is 11.3 Å². The lowest BCUT2D eigenvalue weighted by molar-refractivity contribution is -0.121. The van der Waals surface area contributed by atoms with Crippen LogP contribution in [0, 0.1) is 0 Å². The molecule has 0 bridgehead atoms. The fourth-order valence-corrected chi connectivity index (χ4v) is 3.03. The Hall–Kier alpha value is -2.18. The van der Waals surface area contributed by atoms with Crippen LogP contribution in [0.15, 0.2) is 48.1 Å². The Morgan fingerprint density at radius 3 is 3.00 bits per heavy atom. The molecule has 3 rings (SSSR count). The Bertz CT molecular complexity index is 745. The van der Waals surface area contributed by atoms with Crippen LogP contribution in [-0.2, 0) is 16.8 Å². The molecule has 0 radical (unpaired) electrons. The molecule has 0 saturated heterocycles. The summed E-state index contributed by atoms with van der Waals surface area (Å²) in [5.74, 6) is -0.153. The van der Waals surface area contributed by atoms with Crippen molar-refractivity contribution in [3.05, 3.63) is 58.7 Å². The summed E-state index contributed by atoms with van der Waals surface area (Å²) in [7, 11) is 0. The monoisotopic (exact) mass is 315 g/mol. The van der Waals surface area contributed by atoms with Crippen LogP contribution >= 0.6 is 11.3 Å². The van der Waals surface area contributed by atoms with Crippen molar-refractivity contribution in [1.82, 2.24) is 14.7 Å². The van der Waals surface area contributed by atoms with E-state index in [4.69, 9.17) is 0 Å². The summed E-state index contributed by atoms with van der Waals surface area (Å²) in [5, 5.41) is 15.1. The van der Waals surface area contributed by atoms with Gasteiger partial charge in [0.25, 0.3) is 0 Å². The van der Waals surface area contributed by atoms with Gasteiger partial charge in [0.05, 0.1) is 18.7 Å². The second-order valence-corrected chi connectivity index (χ2v) is 6.35. The molecule has 2 N–H and O–H groups in total. The maximum Gasteiger partial charge on any atom is 0.226 e. The molecule has 1 unspecified atom stereocenters. The van der Waals surface area contributed by atoms with Crippen molar-refractivity contribution in [3.8, 4) is 0 Å². The zero-order valence-corrected chi connectivity index (χ0v) is 13.0. The highest BCUT2D eigenvalue weighted by Gasteiger charge is 2.24. The van der Waals surface area contributed by atoms with Crippen molar-refractivity contribution >= 4 is 22.9 Å². The molecule has 1 atom stereocenters. The number of thiophene rings is 1. The average molecular weight is 315 g/mol. The molecule has 0 spiro atoms. The number of hydrogen-bond acceptors (Lipinski definition) is 4. The maximum atomic E-state index is 12.0. The van der Waals surface area contributed by atoms with E-state index in [2.05, 4.69) is 10.3 Å². The minimum atomic E-state index is -1.05. The molecule has 114 valence electrons. The van der Waals surface area contributed by atoms with Crippen LogP contribution in [0.1, 0.15) is 17.5 Å².